The summed E-state index contributed by atoms with van der Waals surface area (Å²) in [6.45, 7) is 0.370. The van der Waals surface area contributed by atoms with Crippen LogP contribution in [0.5, 0.6) is 0 Å². The van der Waals surface area contributed by atoms with Gasteiger partial charge in [-0.3, -0.25) is 9.59 Å². The fourth-order valence-corrected chi connectivity index (χ4v) is 3.03. The second-order valence-electron chi connectivity index (χ2n) is 7.20. The van der Waals surface area contributed by atoms with E-state index in [-0.39, 0.29) is 89.3 Å². The van der Waals surface area contributed by atoms with Gasteiger partial charge < -0.3 is 31.9 Å². The van der Waals surface area contributed by atoms with Crippen LogP contribution in [-0.4, -0.2) is 120 Å². The van der Waals surface area contributed by atoms with Crippen LogP contribution in [0.1, 0.15) is 28.9 Å². The fraction of sp³-hybridized carbons (Fsp3) is 0.250. The summed E-state index contributed by atoms with van der Waals surface area (Å²) in [7, 11) is 1.82. The van der Waals surface area contributed by atoms with E-state index < -0.39 is 23.9 Å². The summed E-state index contributed by atoms with van der Waals surface area (Å²) in [5.74, 6) is -2.91. The van der Waals surface area contributed by atoms with E-state index in [2.05, 4.69) is 25.3 Å². The summed E-state index contributed by atoms with van der Waals surface area (Å²) >= 11 is 0. The number of nitrogens with zero attached hydrogens (tertiary/aromatic N) is 5. The van der Waals surface area contributed by atoms with Crippen LogP contribution < -0.4 is 21.7 Å². The topological polar surface area (TPSA) is 211 Å². The minimum atomic E-state index is -1.30. The fourth-order valence-electron chi connectivity index (χ4n) is 3.03. The van der Waals surface area contributed by atoms with Crippen molar-refractivity contribution in [3.8, 4) is 0 Å². The molecule has 174 valence electrons. The molecule has 3 rings (SSSR count). The Morgan fingerprint density at radius 2 is 1.71 bits per heavy atom. The molecule has 0 aliphatic carbocycles. The van der Waals surface area contributed by atoms with E-state index in [1.165, 1.54) is 12.1 Å². The zero-order valence-electron chi connectivity index (χ0n) is 19.6. The van der Waals surface area contributed by atoms with Crippen molar-refractivity contribution in [1.29, 1.82) is 0 Å². The Morgan fingerprint density at radius 3 is 2.31 bits per heavy atom. The molecule has 0 bridgehead atoms. The first-order valence-electron chi connectivity index (χ1n) is 9.75. The number of carbonyl (C=O) groups is 3. The summed E-state index contributed by atoms with van der Waals surface area (Å²) in [6, 6.07) is 5.16. The predicted octanol–water partition coefficient (Wildman–Crippen LogP) is -0.493. The third-order valence-corrected chi connectivity index (χ3v) is 4.72. The average Bonchev–Trinajstić information content (AvgIpc) is 2.76. The van der Waals surface area contributed by atoms with Gasteiger partial charge in [-0.1, -0.05) is 0 Å². The van der Waals surface area contributed by atoms with Crippen molar-refractivity contribution in [1.82, 2.24) is 25.3 Å². The van der Waals surface area contributed by atoms with Gasteiger partial charge in [0.15, 0.2) is 17.0 Å². The molecule has 2 heterocycles. The molecule has 1 amide bonds. The number of hydrogen-bond donors (Lipinski definition) is 5. The summed E-state index contributed by atoms with van der Waals surface area (Å²) in [4.78, 5) is 52.7. The van der Waals surface area contributed by atoms with Gasteiger partial charge in [-0.05, 0) is 30.7 Å². The van der Waals surface area contributed by atoms with Gasteiger partial charge in [-0.2, -0.15) is 9.97 Å². The van der Waals surface area contributed by atoms with Crippen molar-refractivity contribution in [2.24, 2.45) is 0 Å². The molecule has 0 aliphatic heterocycles. The number of aliphatic carboxylic acids is 2. The molecule has 2 radical (unpaired) electrons. The van der Waals surface area contributed by atoms with Crippen LogP contribution in [-0.2, 0) is 16.1 Å². The van der Waals surface area contributed by atoms with E-state index >= 15 is 0 Å². The summed E-state index contributed by atoms with van der Waals surface area (Å²) in [6.07, 6.45) is 0.964. The molecule has 15 heteroatoms. The number of rotatable bonds is 9. The van der Waals surface area contributed by atoms with Gasteiger partial charge >= 0.3 is 11.9 Å². The number of carbonyl (C=O) groups excluding carboxylic acids is 1. The first-order chi connectivity index (χ1) is 15.6. The Bertz CT molecular complexity index is 1210. The number of amides is 1. The third-order valence-electron chi connectivity index (χ3n) is 4.72. The number of hydrogen-bond acceptors (Lipinski definition) is 10. The number of carboxylic acid groups (broad SMARTS) is 2. The third kappa shape index (κ3) is 8.26. The summed E-state index contributed by atoms with van der Waals surface area (Å²) in [5.41, 5.74) is 13.7. The Balaban J connectivity index is 0.00000306. The Hall–Kier alpha value is -2.55. The maximum atomic E-state index is 12.4. The normalized spacial score (nSPS) is 11.0. The van der Waals surface area contributed by atoms with Crippen molar-refractivity contribution < 1.29 is 24.6 Å². The Morgan fingerprint density at radius 1 is 1.06 bits per heavy atom. The van der Waals surface area contributed by atoms with Crippen LogP contribution in [0.25, 0.3) is 11.2 Å². The number of aromatic nitrogens is 4. The molecule has 1 atom stereocenters. The van der Waals surface area contributed by atoms with E-state index in [9.17, 15) is 19.5 Å². The van der Waals surface area contributed by atoms with Crippen LogP contribution in [0.15, 0.2) is 30.5 Å². The van der Waals surface area contributed by atoms with Gasteiger partial charge in [0.1, 0.15) is 6.04 Å². The number of nitrogens with two attached hydrogens (primary N) is 2. The van der Waals surface area contributed by atoms with E-state index in [0.717, 1.165) is 5.69 Å². The van der Waals surface area contributed by atoms with Crippen molar-refractivity contribution in [3.05, 3.63) is 41.7 Å². The Kier molecular flexibility index (Phi) is 11.8. The van der Waals surface area contributed by atoms with E-state index in [0.29, 0.717) is 23.4 Å². The molecule has 0 spiro atoms. The first kappa shape index (κ1) is 30.5. The van der Waals surface area contributed by atoms with Gasteiger partial charge in [0.25, 0.3) is 5.91 Å². The molecule has 3 aromatic rings. The largest absolute Gasteiger partial charge is 0.481 e. The van der Waals surface area contributed by atoms with Crippen molar-refractivity contribution in [2.45, 2.75) is 25.4 Å². The van der Waals surface area contributed by atoms with Crippen LogP contribution in [0.3, 0.4) is 0 Å². The quantitative estimate of drug-likeness (QED) is 0.236. The van der Waals surface area contributed by atoms with E-state index in [1.54, 1.807) is 18.3 Å². The molecule has 7 N–H and O–H groups in total. The van der Waals surface area contributed by atoms with Crippen molar-refractivity contribution in [3.63, 3.8) is 0 Å². The molecule has 0 aliphatic rings. The van der Waals surface area contributed by atoms with Gasteiger partial charge in [0.05, 0.1) is 18.4 Å². The minimum absolute atomic E-state index is 0. The van der Waals surface area contributed by atoms with Crippen molar-refractivity contribution in [2.75, 3.05) is 23.4 Å². The number of carboxylic acids is 2. The molecular formula is C20H22N8Na2O5. The smallest absolute Gasteiger partial charge is 0.326 e. The van der Waals surface area contributed by atoms with Crippen LogP contribution in [0.2, 0.25) is 0 Å². The van der Waals surface area contributed by atoms with Gasteiger partial charge in [-0.15, -0.1) is 0 Å². The molecule has 0 unspecified atom stereocenters. The predicted molar refractivity (Wildman–Crippen MR) is 130 cm³/mol. The van der Waals surface area contributed by atoms with E-state index in [4.69, 9.17) is 16.6 Å². The number of nitrogen functional groups attached to an aromatic ring is 2. The second-order valence-corrected chi connectivity index (χ2v) is 7.20. The molecule has 1 aromatic carbocycles. The number of nitrogens with one attached hydrogen (secondary N) is 1. The number of benzene rings is 1. The summed E-state index contributed by atoms with van der Waals surface area (Å²) in [5, 5.41) is 20.2. The van der Waals surface area contributed by atoms with Gasteiger partial charge in [-0.25, -0.2) is 14.8 Å². The first-order valence-corrected chi connectivity index (χ1v) is 9.75. The van der Waals surface area contributed by atoms with Crippen LogP contribution in [0.4, 0.5) is 17.5 Å². The average molecular weight is 500 g/mol. The molecule has 13 nitrogen and oxygen atoms in total. The Labute approximate surface area is 244 Å². The molecule has 0 fully saturated rings. The minimum Gasteiger partial charge on any atom is -0.481 e. The maximum absolute atomic E-state index is 12.4. The maximum Gasteiger partial charge on any atom is 0.326 e. The van der Waals surface area contributed by atoms with Crippen molar-refractivity contribution >= 4 is 106 Å². The second kappa shape index (κ2) is 13.5. The summed E-state index contributed by atoms with van der Waals surface area (Å²) < 4.78 is 0. The number of anilines is 3. The van der Waals surface area contributed by atoms with Gasteiger partial charge in [0, 0.05) is 83.8 Å². The monoisotopic (exact) mass is 500 g/mol. The molecule has 0 saturated heterocycles. The zero-order valence-corrected chi connectivity index (χ0v) is 23.6. The molecule has 2 aromatic heterocycles. The SMILES string of the molecule is CN(Cc1cnc2nc(N)nc(N)c2n1)c1ccc(C(=O)N[C@@H](CCC(=O)O)C(=O)O)cc1.[Na].[Na]. The molecular weight excluding hydrogens is 478 g/mol. The van der Waals surface area contributed by atoms with E-state index in [1.807, 2.05) is 11.9 Å². The van der Waals surface area contributed by atoms with Crippen LogP contribution >= 0.6 is 0 Å². The van der Waals surface area contributed by atoms with Gasteiger partial charge in [0.2, 0.25) is 5.95 Å². The van der Waals surface area contributed by atoms with Crippen LogP contribution in [0, 0.1) is 0 Å². The molecule has 0 saturated carbocycles. The number of fused-ring (bicyclic) bond motifs is 1. The molecule has 35 heavy (non-hydrogen) atoms. The standard InChI is InChI=1S/C20H22N8O5.2Na/c1-28(9-11-8-23-17-15(24-11)16(21)26-20(22)27-17)12-4-2-10(3-5-12)18(31)25-13(19(32)33)6-7-14(29)30;;/h2-5,8,13H,6-7,9H2,1H3,(H,25,31)(H,29,30)(H,32,33)(H4,21,22,23,26,27);;/t13-;;/m0../s1. The zero-order chi connectivity index (χ0) is 24.1.